The first-order chi connectivity index (χ1) is 13.5. The summed E-state index contributed by atoms with van der Waals surface area (Å²) in [6.07, 6.45) is 8.03. The van der Waals surface area contributed by atoms with E-state index >= 15 is 0 Å². The van der Waals surface area contributed by atoms with Gasteiger partial charge in [-0.15, -0.1) is 11.6 Å². The Labute approximate surface area is 174 Å². The molecule has 2 unspecified atom stereocenters. The van der Waals surface area contributed by atoms with Crippen LogP contribution < -0.4 is 10.9 Å². The van der Waals surface area contributed by atoms with Crippen LogP contribution in [0.25, 0.3) is 0 Å². The first kappa shape index (κ1) is 22.2. The van der Waals surface area contributed by atoms with E-state index in [4.69, 9.17) is 23.2 Å². The lowest BCUT2D eigenvalue weighted by molar-refractivity contribution is 0.369. The normalized spacial score (nSPS) is 12.9. The molecule has 0 aliphatic rings. The van der Waals surface area contributed by atoms with Gasteiger partial charge in [-0.25, -0.2) is 13.8 Å². The summed E-state index contributed by atoms with van der Waals surface area (Å²) < 4.78 is 26.7. The lowest BCUT2D eigenvalue weighted by atomic mass is 9.38. The monoisotopic (exact) mass is 420 g/mol. The maximum atomic E-state index is 13.6. The standard InChI is InChI=1S/C18H17BCl2F2.C3H4N2/c1-13(22)18(21)9-4-10-19(14-5-2-7-16(20)11-14)15-6-3-8-17(23)12-15;1-2-5-3-4-1/h2-9,11-13,18H,10H2,1H3;1-3H,(H,4,5). The van der Waals surface area contributed by atoms with Crippen molar-refractivity contribution in [2.75, 3.05) is 0 Å². The van der Waals surface area contributed by atoms with Crippen LogP contribution in [0.1, 0.15) is 6.92 Å². The molecule has 3 rings (SSSR count). The molecule has 2 nitrogen and oxygen atoms in total. The number of hydrogen-bond donors (Lipinski definition) is 1. The van der Waals surface area contributed by atoms with Gasteiger partial charge in [-0.2, -0.15) is 0 Å². The molecule has 0 bridgehead atoms. The third-order valence-electron chi connectivity index (χ3n) is 4.04. The number of nitrogens with one attached hydrogen (secondary N) is 1. The Hall–Kier alpha value is -2.11. The van der Waals surface area contributed by atoms with Crippen molar-refractivity contribution >= 4 is 40.8 Å². The minimum Gasteiger partial charge on any atom is -0.351 e. The lowest BCUT2D eigenvalue weighted by Crippen LogP contribution is -2.41. The van der Waals surface area contributed by atoms with Crippen LogP contribution >= 0.6 is 23.2 Å². The van der Waals surface area contributed by atoms with E-state index in [0.29, 0.717) is 11.3 Å². The molecular formula is C21H21BCl2F2N2. The van der Waals surface area contributed by atoms with Gasteiger partial charge < -0.3 is 4.98 Å². The molecule has 3 aromatic rings. The van der Waals surface area contributed by atoms with E-state index in [0.717, 1.165) is 10.9 Å². The highest BCUT2D eigenvalue weighted by Crippen LogP contribution is 2.11. The van der Waals surface area contributed by atoms with Gasteiger partial charge in [-0.05, 0) is 37.5 Å². The van der Waals surface area contributed by atoms with Gasteiger partial charge in [0, 0.05) is 17.4 Å². The van der Waals surface area contributed by atoms with Crippen LogP contribution in [0.3, 0.4) is 0 Å². The summed E-state index contributed by atoms with van der Waals surface area (Å²) >= 11 is 12.0. The molecule has 1 heterocycles. The molecule has 2 atom stereocenters. The number of halogens is 4. The molecule has 1 aromatic heterocycles. The minimum atomic E-state index is -1.12. The molecule has 1 N–H and O–H groups in total. The minimum absolute atomic E-state index is 0.0700. The number of aromatic nitrogens is 2. The van der Waals surface area contributed by atoms with Gasteiger partial charge >= 0.3 is 0 Å². The molecule has 0 fully saturated rings. The van der Waals surface area contributed by atoms with Crippen LogP contribution in [-0.4, -0.2) is 28.2 Å². The second-order valence-electron chi connectivity index (χ2n) is 6.21. The van der Waals surface area contributed by atoms with E-state index in [1.807, 2.05) is 30.3 Å². The summed E-state index contributed by atoms with van der Waals surface area (Å²) in [6, 6.07) is 13.9. The number of aromatic amines is 1. The predicted octanol–water partition coefficient (Wildman–Crippen LogP) is 5.02. The highest BCUT2D eigenvalue weighted by atomic mass is 35.5. The molecule has 7 heteroatoms. The zero-order valence-electron chi connectivity index (χ0n) is 15.4. The fourth-order valence-corrected chi connectivity index (χ4v) is 2.93. The van der Waals surface area contributed by atoms with Crippen molar-refractivity contribution in [3.05, 3.63) is 90.2 Å². The Balaban J connectivity index is 0.000000485. The van der Waals surface area contributed by atoms with Crippen LogP contribution in [0.15, 0.2) is 79.4 Å². The fraction of sp³-hybridized carbons (Fsp3) is 0.190. The van der Waals surface area contributed by atoms with Crippen molar-refractivity contribution in [1.82, 2.24) is 9.97 Å². The molecule has 146 valence electrons. The van der Waals surface area contributed by atoms with Crippen LogP contribution in [-0.2, 0) is 0 Å². The molecule has 0 radical (unpaired) electrons. The van der Waals surface area contributed by atoms with Crippen molar-refractivity contribution in [3.63, 3.8) is 0 Å². The summed E-state index contributed by atoms with van der Waals surface area (Å²) in [5.74, 6) is -0.286. The van der Waals surface area contributed by atoms with E-state index in [2.05, 4.69) is 9.97 Å². The number of H-pyrrole nitrogens is 1. The number of rotatable bonds is 6. The third kappa shape index (κ3) is 7.49. The first-order valence-electron chi connectivity index (χ1n) is 8.86. The summed E-state index contributed by atoms with van der Waals surface area (Å²) in [4.78, 5) is 6.42. The van der Waals surface area contributed by atoms with Gasteiger partial charge in [-0.3, -0.25) is 0 Å². The van der Waals surface area contributed by atoms with Gasteiger partial charge in [0.15, 0.2) is 0 Å². The summed E-state index contributed by atoms with van der Waals surface area (Å²) in [5.41, 5.74) is 1.82. The fourth-order valence-electron chi connectivity index (χ4n) is 2.62. The topological polar surface area (TPSA) is 28.7 Å². The maximum Gasteiger partial charge on any atom is 0.213 e. The summed E-state index contributed by atoms with van der Waals surface area (Å²) in [7, 11) is 0. The zero-order valence-corrected chi connectivity index (χ0v) is 16.9. The Morgan fingerprint density at radius 2 is 1.89 bits per heavy atom. The maximum absolute atomic E-state index is 13.6. The molecule has 0 saturated heterocycles. The second kappa shape index (κ2) is 11.7. The van der Waals surface area contributed by atoms with Crippen LogP contribution in [0.4, 0.5) is 8.78 Å². The Morgan fingerprint density at radius 1 is 1.18 bits per heavy atom. The predicted molar refractivity (Wildman–Crippen MR) is 116 cm³/mol. The van der Waals surface area contributed by atoms with Crippen LogP contribution in [0.5, 0.6) is 0 Å². The highest BCUT2D eigenvalue weighted by Gasteiger charge is 2.19. The number of benzene rings is 2. The van der Waals surface area contributed by atoms with Crippen molar-refractivity contribution in [2.24, 2.45) is 0 Å². The smallest absolute Gasteiger partial charge is 0.213 e. The van der Waals surface area contributed by atoms with Crippen LogP contribution in [0, 0.1) is 5.82 Å². The Bertz CT molecular complexity index is 794. The first-order valence-corrected chi connectivity index (χ1v) is 9.67. The second-order valence-corrected chi connectivity index (χ2v) is 7.15. The van der Waals surface area contributed by atoms with Crippen molar-refractivity contribution < 1.29 is 8.78 Å². The van der Waals surface area contributed by atoms with E-state index < -0.39 is 11.5 Å². The average molecular weight is 421 g/mol. The molecule has 0 aliphatic heterocycles. The van der Waals surface area contributed by atoms with E-state index in [9.17, 15) is 8.78 Å². The molecule has 0 amide bonds. The van der Waals surface area contributed by atoms with E-state index in [-0.39, 0.29) is 12.5 Å². The van der Waals surface area contributed by atoms with Gasteiger partial charge in [0.25, 0.3) is 0 Å². The van der Waals surface area contributed by atoms with Crippen LogP contribution in [0.2, 0.25) is 11.3 Å². The Morgan fingerprint density at radius 3 is 2.43 bits per heavy atom. The van der Waals surface area contributed by atoms with Crippen molar-refractivity contribution in [2.45, 2.75) is 24.8 Å². The molecule has 0 saturated carbocycles. The molecule has 28 heavy (non-hydrogen) atoms. The summed E-state index contributed by atoms with van der Waals surface area (Å²) in [6.45, 7) is 1.35. The largest absolute Gasteiger partial charge is 0.351 e. The molecule has 0 spiro atoms. The number of imidazole rings is 1. The van der Waals surface area contributed by atoms with Gasteiger partial charge in [0.2, 0.25) is 6.71 Å². The SMILES string of the molecule is CC(F)C(Cl)C=CCB(c1cccc(F)c1)c1cccc(Cl)c1.c1c[nH]cn1. The van der Waals surface area contributed by atoms with E-state index in [1.54, 1.807) is 36.9 Å². The molecule has 2 aromatic carbocycles. The van der Waals surface area contributed by atoms with E-state index in [1.165, 1.54) is 19.1 Å². The molecular weight excluding hydrogens is 400 g/mol. The van der Waals surface area contributed by atoms with Crippen molar-refractivity contribution in [1.29, 1.82) is 0 Å². The summed E-state index contributed by atoms with van der Waals surface area (Å²) in [5, 5.41) is -0.0389. The average Bonchev–Trinajstić information content (AvgIpc) is 3.25. The van der Waals surface area contributed by atoms with Gasteiger partial charge in [0.05, 0.1) is 11.7 Å². The number of nitrogens with zero attached hydrogens (tertiary/aromatic N) is 1. The number of allylic oxidation sites excluding steroid dienone is 2. The Kier molecular flexibility index (Phi) is 9.25. The molecule has 0 aliphatic carbocycles. The highest BCUT2D eigenvalue weighted by molar-refractivity contribution is 6.85. The number of alkyl halides is 2. The number of hydrogen-bond acceptors (Lipinski definition) is 1. The lowest BCUT2D eigenvalue weighted by Gasteiger charge is -2.14. The quantitative estimate of drug-likeness (QED) is 0.338. The van der Waals surface area contributed by atoms with Gasteiger partial charge in [-0.1, -0.05) is 58.9 Å². The van der Waals surface area contributed by atoms with Crippen molar-refractivity contribution in [3.8, 4) is 0 Å². The third-order valence-corrected chi connectivity index (χ3v) is 4.77. The van der Waals surface area contributed by atoms with Gasteiger partial charge in [0.1, 0.15) is 12.0 Å². The zero-order chi connectivity index (χ0) is 20.4.